The maximum Gasteiger partial charge on any atom is 0.416 e. The SMILES string of the molecule is COc1cccc(SCC(=O)N[C@@H](C)c2cccc(C(F)(F)F)c2)c1. The Kier molecular flexibility index (Phi) is 6.36. The van der Waals surface area contributed by atoms with Crippen molar-refractivity contribution in [1.82, 2.24) is 5.32 Å². The minimum atomic E-state index is -4.40. The van der Waals surface area contributed by atoms with Gasteiger partial charge in [0.05, 0.1) is 24.5 Å². The van der Waals surface area contributed by atoms with Crippen molar-refractivity contribution in [3.63, 3.8) is 0 Å². The van der Waals surface area contributed by atoms with Crippen molar-refractivity contribution in [1.29, 1.82) is 0 Å². The second kappa shape index (κ2) is 8.29. The van der Waals surface area contributed by atoms with Crippen LogP contribution in [0.15, 0.2) is 53.4 Å². The van der Waals surface area contributed by atoms with Gasteiger partial charge in [-0.2, -0.15) is 13.2 Å². The average molecular weight is 369 g/mol. The number of methoxy groups -OCH3 is 1. The van der Waals surface area contributed by atoms with E-state index in [1.165, 1.54) is 17.8 Å². The number of ether oxygens (including phenoxy) is 1. The smallest absolute Gasteiger partial charge is 0.416 e. The topological polar surface area (TPSA) is 38.3 Å². The fourth-order valence-corrected chi connectivity index (χ4v) is 2.95. The van der Waals surface area contributed by atoms with Gasteiger partial charge in [0.25, 0.3) is 0 Å². The summed E-state index contributed by atoms with van der Waals surface area (Å²) in [6.07, 6.45) is -4.40. The van der Waals surface area contributed by atoms with Crippen LogP contribution in [0.5, 0.6) is 5.75 Å². The molecule has 2 aromatic rings. The lowest BCUT2D eigenvalue weighted by atomic mass is 10.0. The Bertz CT molecular complexity index is 734. The van der Waals surface area contributed by atoms with Gasteiger partial charge in [-0.15, -0.1) is 11.8 Å². The number of hydrogen-bond donors (Lipinski definition) is 1. The maximum atomic E-state index is 12.8. The number of thioether (sulfide) groups is 1. The third-order valence-corrected chi connectivity index (χ3v) is 4.50. The number of nitrogens with one attached hydrogen (secondary N) is 1. The summed E-state index contributed by atoms with van der Waals surface area (Å²) >= 11 is 1.33. The zero-order chi connectivity index (χ0) is 18.4. The first-order valence-corrected chi connectivity index (χ1v) is 8.51. The number of alkyl halides is 3. The Balaban J connectivity index is 1.93. The van der Waals surface area contributed by atoms with Crippen LogP contribution in [0.1, 0.15) is 24.1 Å². The van der Waals surface area contributed by atoms with Gasteiger partial charge in [0.1, 0.15) is 5.75 Å². The highest BCUT2D eigenvalue weighted by Crippen LogP contribution is 2.30. The molecule has 0 aliphatic carbocycles. The molecule has 0 aliphatic heterocycles. The molecule has 0 heterocycles. The molecule has 1 atom stereocenters. The first kappa shape index (κ1) is 19.2. The Morgan fingerprint density at radius 2 is 1.92 bits per heavy atom. The highest BCUT2D eigenvalue weighted by atomic mass is 32.2. The van der Waals surface area contributed by atoms with Gasteiger partial charge < -0.3 is 10.1 Å². The first-order valence-electron chi connectivity index (χ1n) is 7.53. The lowest BCUT2D eigenvalue weighted by molar-refractivity contribution is -0.137. The lowest BCUT2D eigenvalue weighted by Gasteiger charge is -2.16. The van der Waals surface area contributed by atoms with Crippen LogP contribution in [0.2, 0.25) is 0 Å². The molecule has 0 aromatic heterocycles. The molecule has 2 rings (SSSR count). The van der Waals surface area contributed by atoms with E-state index in [0.717, 1.165) is 17.0 Å². The Morgan fingerprint density at radius 3 is 2.60 bits per heavy atom. The zero-order valence-electron chi connectivity index (χ0n) is 13.8. The molecule has 0 saturated carbocycles. The van der Waals surface area contributed by atoms with Gasteiger partial charge in [-0.1, -0.05) is 18.2 Å². The van der Waals surface area contributed by atoms with Crippen molar-refractivity contribution in [3.8, 4) is 5.75 Å². The number of benzene rings is 2. The van der Waals surface area contributed by atoms with Crippen molar-refractivity contribution in [2.24, 2.45) is 0 Å². The molecule has 0 saturated heterocycles. The van der Waals surface area contributed by atoms with E-state index < -0.39 is 17.8 Å². The van der Waals surface area contributed by atoms with E-state index in [2.05, 4.69) is 5.32 Å². The van der Waals surface area contributed by atoms with E-state index in [-0.39, 0.29) is 11.7 Å². The molecule has 1 N–H and O–H groups in total. The standard InChI is InChI=1S/C18H18F3NO2S/c1-12(13-5-3-6-14(9-13)18(19,20)21)22-17(23)11-25-16-8-4-7-15(10-16)24-2/h3-10,12H,11H2,1-2H3,(H,22,23)/t12-/m0/s1. The van der Waals surface area contributed by atoms with Crippen LogP contribution < -0.4 is 10.1 Å². The van der Waals surface area contributed by atoms with Crippen molar-refractivity contribution in [2.45, 2.75) is 24.0 Å². The second-order valence-corrected chi connectivity index (χ2v) is 6.43. The zero-order valence-corrected chi connectivity index (χ0v) is 14.6. The quantitative estimate of drug-likeness (QED) is 0.751. The summed E-state index contributed by atoms with van der Waals surface area (Å²) in [6.45, 7) is 1.66. The highest BCUT2D eigenvalue weighted by molar-refractivity contribution is 8.00. The lowest BCUT2D eigenvalue weighted by Crippen LogP contribution is -2.28. The van der Waals surface area contributed by atoms with E-state index in [0.29, 0.717) is 11.3 Å². The molecular formula is C18H18F3NO2S. The predicted octanol–water partition coefficient (Wildman–Crippen LogP) is 4.68. The van der Waals surface area contributed by atoms with Crippen molar-refractivity contribution >= 4 is 17.7 Å². The largest absolute Gasteiger partial charge is 0.497 e. The third-order valence-electron chi connectivity index (χ3n) is 3.50. The summed E-state index contributed by atoms with van der Waals surface area (Å²) in [5.41, 5.74) is -0.314. The average Bonchev–Trinajstić information content (AvgIpc) is 2.59. The Morgan fingerprint density at radius 1 is 1.20 bits per heavy atom. The van der Waals surface area contributed by atoms with E-state index in [1.807, 2.05) is 18.2 Å². The Hall–Kier alpha value is -2.15. The third kappa shape index (κ3) is 5.70. The summed E-state index contributed by atoms with van der Waals surface area (Å²) in [4.78, 5) is 12.9. The fraction of sp³-hybridized carbons (Fsp3) is 0.278. The van der Waals surface area contributed by atoms with Crippen LogP contribution in [0.3, 0.4) is 0 Å². The summed E-state index contributed by atoms with van der Waals surface area (Å²) in [6, 6.07) is 11.8. The molecule has 3 nitrogen and oxygen atoms in total. The first-order chi connectivity index (χ1) is 11.8. The van der Waals surface area contributed by atoms with Gasteiger partial charge in [-0.3, -0.25) is 4.79 Å². The molecule has 0 aliphatic rings. The molecule has 0 spiro atoms. The summed E-state index contributed by atoms with van der Waals surface area (Å²) in [7, 11) is 1.56. The van der Waals surface area contributed by atoms with Gasteiger partial charge >= 0.3 is 6.18 Å². The maximum absolute atomic E-state index is 12.8. The number of rotatable bonds is 6. The van der Waals surface area contributed by atoms with Crippen LogP contribution in [-0.2, 0) is 11.0 Å². The number of carbonyl (C=O) groups is 1. The van der Waals surface area contributed by atoms with Gasteiger partial charge in [-0.05, 0) is 42.8 Å². The van der Waals surface area contributed by atoms with Crippen LogP contribution in [0, 0.1) is 0 Å². The Labute approximate surface area is 148 Å². The molecule has 0 radical (unpaired) electrons. The van der Waals surface area contributed by atoms with Crippen LogP contribution >= 0.6 is 11.8 Å². The molecule has 25 heavy (non-hydrogen) atoms. The van der Waals surface area contributed by atoms with Gasteiger partial charge in [0, 0.05) is 4.90 Å². The second-order valence-electron chi connectivity index (χ2n) is 5.38. The van der Waals surface area contributed by atoms with Crippen LogP contribution in [-0.4, -0.2) is 18.8 Å². The minimum absolute atomic E-state index is 0.163. The van der Waals surface area contributed by atoms with Crippen molar-refractivity contribution in [2.75, 3.05) is 12.9 Å². The van der Waals surface area contributed by atoms with Crippen molar-refractivity contribution in [3.05, 3.63) is 59.7 Å². The van der Waals surface area contributed by atoms with Crippen LogP contribution in [0.25, 0.3) is 0 Å². The molecule has 0 fully saturated rings. The fourth-order valence-electron chi connectivity index (χ4n) is 2.19. The number of halogens is 3. The van der Waals surface area contributed by atoms with Crippen LogP contribution in [0.4, 0.5) is 13.2 Å². The summed E-state index contributed by atoms with van der Waals surface area (Å²) in [5.74, 6) is 0.608. The van der Waals surface area contributed by atoms with Gasteiger partial charge in [0.2, 0.25) is 5.91 Å². The van der Waals surface area contributed by atoms with Crippen molar-refractivity contribution < 1.29 is 22.7 Å². The highest BCUT2D eigenvalue weighted by Gasteiger charge is 2.30. The molecule has 1 amide bonds. The number of hydrogen-bond acceptors (Lipinski definition) is 3. The van der Waals surface area contributed by atoms with E-state index in [9.17, 15) is 18.0 Å². The molecular weight excluding hydrogens is 351 g/mol. The van der Waals surface area contributed by atoms with E-state index in [1.54, 1.807) is 26.2 Å². The minimum Gasteiger partial charge on any atom is -0.497 e. The summed E-state index contributed by atoms with van der Waals surface area (Å²) in [5, 5.41) is 2.72. The molecule has 134 valence electrons. The number of amides is 1. The van der Waals surface area contributed by atoms with Gasteiger partial charge in [0.15, 0.2) is 0 Å². The molecule has 0 unspecified atom stereocenters. The van der Waals surface area contributed by atoms with Gasteiger partial charge in [-0.25, -0.2) is 0 Å². The summed E-state index contributed by atoms with van der Waals surface area (Å²) < 4.78 is 43.4. The molecule has 2 aromatic carbocycles. The van der Waals surface area contributed by atoms with E-state index >= 15 is 0 Å². The van der Waals surface area contributed by atoms with E-state index in [4.69, 9.17) is 4.74 Å². The normalized spacial score (nSPS) is 12.5. The number of carbonyl (C=O) groups excluding carboxylic acids is 1. The molecule has 7 heteroatoms. The molecule has 0 bridgehead atoms. The monoisotopic (exact) mass is 369 g/mol. The predicted molar refractivity (Wildman–Crippen MR) is 91.7 cm³/mol.